The first-order chi connectivity index (χ1) is 16.9. The van der Waals surface area contributed by atoms with Crippen LogP contribution in [0.5, 0.6) is 0 Å². The highest BCUT2D eigenvalue weighted by molar-refractivity contribution is 6.21. The lowest BCUT2D eigenvalue weighted by Crippen LogP contribution is -2.30. The Labute approximate surface area is 200 Å². The highest BCUT2D eigenvalue weighted by atomic mass is 16.5. The summed E-state index contributed by atoms with van der Waals surface area (Å²) in [5.41, 5.74) is 2.68. The molecule has 4 rings (SSSR count). The first kappa shape index (κ1) is 23.4. The van der Waals surface area contributed by atoms with E-state index in [-0.39, 0.29) is 30.8 Å². The molecule has 4 amide bonds. The summed E-state index contributed by atoms with van der Waals surface area (Å²) in [6.45, 7) is -0.134. The second-order valence-electron chi connectivity index (χ2n) is 7.73. The fourth-order valence-electron chi connectivity index (χ4n) is 3.56. The minimum Gasteiger partial charge on any atom is -0.468 e. The highest BCUT2D eigenvalue weighted by Gasteiger charge is 2.34. The summed E-state index contributed by atoms with van der Waals surface area (Å²) in [7, 11) is 1.23. The Morgan fingerprint density at radius 3 is 1.89 bits per heavy atom. The number of benzene rings is 3. The molecular formula is C26H21N3O6. The predicted octanol–water partition coefficient (Wildman–Crippen LogP) is 2.64. The Morgan fingerprint density at radius 2 is 1.31 bits per heavy atom. The van der Waals surface area contributed by atoms with Gasteiger partial charge in [0, 0.05) is 16.8 Å². The van der Waals surface area contributed by atoms with Crippen LogP contribution in [0.2, 0.25) is 0 Å². The SMILES string of the molecule is COC(=O)CNC(=O)c1ccc(NC(=O)c2ccc(CN3C(=O)c4ccccc4C3=O)cc2)cc1. The molecule has 3 aromatic carbocycles. The number of methoxy groups -OCH3 is 1. The topological polar surface area (TPSA) is 122 Å². The van der Waals surface area contributed by atoms with Gasteiger partial charge in [-0.05, 0) is 54.1 Å². The number of fused-ring (bicyclic) bond motifs is 1. The lowest BCUT2D eigenvalue weighted by Gasteiger charge is -2.14. The molecule has 0 spiro atoms. The summed E-state index contributed by atoms with van der Waals surface area (Å²) in [5.74, 6) is -2.04. The van der Waals surface area contributed by atoms with E-state index in [1.807, 2.05) is 0 Å². The van der Waals surface area contributed by atoms with Gasteiger partial charge < -0.3 is 15.4 Å². The zero-order chi connectivity index (χ0) is 24.9. The minimum atomic E-state index is -0.558. The third-order valence-electron chi connectivity index (χ3n) is 5.46. The Balaban J connectivity index is 1.35. The molecule has 0 radical (unpaired) electrons. The van der Waals surface area contributed by atoms with E-state index >= 15 is 0 Å². The van der Waals surface area contributed by atoms with Gasteiger partial charge in [-0.3, -0.25) is 28.9 Å². The number of imide groups is 1. The number of carbonyl (C=O) groups excluding carboxylic acids is 5. The van der Waals surface area contributed by atoms with Gasteiger partial charge in [-0.2, -0.15) is 0 Å². The zero-order valence-electron chi connectivity index (χ0n) is 18.7. The van der Waals surface area contributed by atoms with Gasteiger partial charge in [0.15, 0.2) is 0 Å². The van der Waals surface area contributed by atoms with Crippen molar-refractivity contribution in [3.8, 4) is 0 Å². The highest BCUT2D eigenvalue weighted by Crippen LogP contribution is 2.24. The van der Waals surface area contributed by atoms with E-state index in [1.54, 1.807) is 60.7 Å². The van der Waals surface area contributed by atoms with Crippen molar-refractivity contribution >= 4 is 35.3 Å². The van der Waals surface area contributed by atoms with Crippen LogP contribution in [-0.2, 0) is 16.1 Å². The van der Waals surface area contributed by atoms with Crippen molar-refractivity contribution in [2.24, 2.45) is 0 Å². The molecule has 0 aromatic heterocycles. The smallest absolute Gasteiger partial charge is 0.325 e. The van der Waals surface area contributed by atoms with Crippen molar-refractivity contribution in [2.75, 3.05) is 19.0 Å². The second kappa shape index (κ2) is 10.0. The maximum atomic E-state index is 12.6. The molecule has 1 aliphatic rings. The number of amides is 4. The maximum Gasteiger partial charge on any atom is 0.325 e. The predicted molar refractivity (Wildman–Crippen MR) is 126 cm³/mol. The van der Waals surface area contributed by atoms with Crippen molar-refractivity contribution in [1.29, 1.82) is 0 Å². The van der Waals surface area contributed by atoms with Gasteiger partial charge in [0.2, 0.25) is 0 Å². The van der Waals surface area contributed by atoms with Gasteiger partial charge in [0.05, 0.1) is 24.8 Å². The van der Waals surface area contributed by atoms with E-state index in [2.05, 4.69) is 15.4 Å². The van der Waals surface area contributed by atoms with E-state index in [1.165, 1.54) is 24.1 Å². The van der Waals surface area contributed by atoms with Crippen molar-refractivity contribution in [1.82, 2.24) is 10.2 Å². The molecule has 2 N–H and O–H groups in total. The van der Waals surface area contributed by atoms with Gasteiger partial charge in [0.1, 0.15) is 6.54 Å². The molecule has 0 atom stereocenters. The van der Waals surface area contributed by atoms with Gasteiger partial charge in [-0.1, -0.05) is 24.3 Å². The van der Waals surface area contributed by atoms with Gasteiger partial charge in [0.25, 0.3) is 23.6 Å². The number of hydrogen-bond donors (Lipinski definition) is 2. The molecule has 0 fully saturated rings. The van der Waals surface area contributed by atoms with Crippen LogP contribution in [0.15, 0.2) is 72.8 Å². The number of rotatable bonds is 7. The van der Waals surface area contributed by atoms with Crippen LogP contribution in [0.25, 0.3) is 0 Å². The molecule has 3 aromatic rings. The summed E-state index contributed by atoms with van der Waals surface area (Å²) in [6, 6.07) is 19.5. The molecule has 0 bridgehead atoms. The third kappa shape index (κ3) is 5.09. The number of nitrogens with one attached hydrogen (secondary N) is 2. The van der Waals surface area contributed by atoms with Crippen LogP contribution in [0.1, 0.15) is 47.0 Å². The number of nitrogens with zero attached hydrogens (tertiary/aromatic N) is 1. The van der Waals surface area contributed by atoms with E-state index in [9.17, 15) is 24.0 Å². The molecule has 1 heterocycles. The lowest BCUT2D eigenvalue weighted by atomic mass is 10.1. The van der Waals surface area contributed by atoms with Crippen molar-refractivity contribution < 1.29 is 28.7 Å². The number of ether oxygens (including phenoxy) is 1. The fraction of sp³-hybridized carbons (Fsp3) is 0.115. The summed E-state index contributed by atoms with van der Waals surface area (Å²) in [5, 5.41) is 5.17. The summed E-state index contributed by atoms with van der Waals surface area (Å²) in [6.07, 6.45) is 0. The normalized spacial score (nSPS) is 12.2. The molecule has 176 valence electrons. The molecule has 1 aliphatic heterocycles. The minimum absolute atomic E-state index is 0.105. The number of carbonyl (C=O) groups is 5. The standard InChI is InChI=1S/C26H21N3O6/c1-35-22(30)14-27-23(31)17-10-12-19(13-11-17)28-24(32)18-8-6-16(7-9-18)15-29-25(33)20-4-2-3-5-21(20)26(29)34/h2-13H,14-15H2,1H3,(H,27,31)(H,28,32). The van der Waals surface area contributed by atoms with Crippen LogP contribution in [0, 0.1) is 0 Å². The van der Waals surface area contributed by atoms with Crippen LogP contribution in [-0.4, -0.2) is 48.2 Å². The quantitative estimate of drug-likeness (QED) is 0.404. The molecule has 0 aliphatic carbocycles. The molecule has 9 nitrogen and oxygen atoms in total. The summed E-state index contributed by atoms with van der Waals surface area (Å²) < 4.78 is 4.47. The number of esters is 1. The molecule has 0 unspecified atom stereocenters. The van der Waals surface area contributed by atoms with Crippen LogP contribution >= 0.6 is 0 Å². The average molecular weight is 471 g/mol. The Hall–Kier alpha value is -4.79. The first-order valence-electron chi connectivity index (χ1n) is 10.7. The number of anilines is 1. The fourth-order valence-corrected chi connectivity index (χ4v) is 3.56. The van der Waals surface area contributed by atoms with E-state index in [0.717, 1.165) is 0 Å². The maximum absolute atomic E-state index is 12.6. The van der Waals surface area contributed by atoms with Gasteiger partial charge in [-0.15, -0.1) is 0 Å². The Morgan fingerprint density at radius 1 is 0.771 bits per heavy atom. The molecule has 0 saturated carbocycles. The first-order valence-corrected chi connectivity index (χ1v) is 10.7. The molecular weight excluding hydrogens is 450 g/mol. The molecule has 9 heteroatoms. The van der Waals surface area contributed by atoms with E-state index in [0.29, 0.717) is 33.5 Å². The molecule has 35 heavy (non-hydrogen) atoms. The average Bonchev–Trinajstić information content (AvgIpc) is 3.12. The Bertz CT molecular complexity index is 1280. The van der Waals surface area contributed by atoms with E-state index < -0.39 is 11.9 Å². The van der Waals surface area contributed by atoms with Crippen molar-refractivity contribution in [3.05, 3.63) is 101 Å². The van der Waals surface area contributed by atoms with Crippen molar-refractivity contribution in [2.45, 2.75) is 6.54 Å². The molecule has 0 saturated heterocycles. The number of hydrogen-bond acceptors (Lipinski definition) is 6. The largest absolute Gasteiger partial charge is 0.468 e. The Kier molecular flexibility index (Phi) is 6.68. The van der Waals surface area contributed by atoms with E-state index in [4.69, 9.17) is 0 Å². The monoisotopic (exact) mass is 471 g/mol. The third-order valence-corrected chi connectivity index (χ3v) is 5.46. The van der Waals surface area contributed by atoms with Crippen LogP contribution in [0.4, 0.5) is 5.69 Å². The second-order valence-corrected chi connectivity index (χ2v) is 7.73. The summed E-state index contributed by atoms with van der Waals surface area (Å²) >= 11 is 0. The van der Waals surface area contributed by atoms with Crippen molar-refractivity contribution in [3.63, 3.8) is 0 Å². The zero-order valence-corrected chi connectivity index (χ0v) is 18.7. The van der Waals surface area contributed by atoms with Crippen LogP contribution < -0.4 is 10.6 Å². The van der Waals surface area contributed by atoms with Gasteiger partial charge in [-0.25, -0.2) is 0 Å². The van der Waals surface area contributed by atoms with Gasteiger partial charge >= 0.3 is 5.97 Å². The summed E-state index contributed by atoms with van der Waals surface area (Å²) in [4.78, 5) is 62.0. The van der Waals surface area contributed by atoms with Crippen LogP contribution in [0.3, 0.4) is 0 Å². The lowest BCUT2D eigenvalue weighted by molar-refractivity contribution is -0.139.